The molecule has 152 valence electrons. The molecule has 0 spiro atoms. The van der Waals surface area contributed by atoms with Crippen molar-refractivity contribution < 1.29 is 14.3 Å². The summed E-state index contributed by atoms with van der Waals surface area (Å²) in [5.41, 5.74) is 0.455. The van der Waals surface area contributed by atoms with Crippen molar-refractivity contribution >= 4 is 23.2 Å². The van der Waals surface area contributed by atoms with Gasteiger partial charge < -0.3 is 9.52 Å². The van der Waals surface area contributed by atoms with Crippen LogP contribution in [0.25, 0.3) is 6.08 Å². The third kappa shape index (κ3) is 5.22. The van der Waals surface area contributed by atoms with Crippen LogP contribution >= 0.6 is 11.3 Å². The van der Waals surface area contributed by atoms with Crippen LogP contribution < -0.4 is 5.63 Å². The summed E-state index contributed by atoms with van der Waals surface area (Å²) in [6.45, 7) is 9.83. The van der Waals surface area contributed by atoms with Gasteiger partial charge in [0.05, 0.1) is 0 Å². The molecule has 0 saturated heterocycles. The van der Waals surface area contributed by atoms with Crippen LogP contribution in [0, 0.1) is 6.92 Å². The van der Waals surface area contributed by atoms with Crippen molar-refractivity contribution in [3.63, 3.8) is 0 Å². The highest BCUT2D eigenvalue weighted by Gasteiger charge is 2.22. The Morgan fingerprint density at radius 2 is 2.00 bits per heavy atom. The maximum absolute atomic E-state index is 12.8. The van der Waals surface area contributed by atoms with Gasteiger partial charge >= 0.3 is 5.63 Å². The molecule has 0 bridgehead atoms. The molecule has 0 aliphatic carbocycles. The largest absolute Gasteiger partial charge is 0.507 e. The van der Waals surface area contributed by atoms with Crippen LogP contribution in [-0.4, -0.2) is 10.9 Å². The monoisotopic (exact) mass is 402 g/mol. The Labute approximate surface area is 170 Å². The van der Waals surface area contributed by atoms with Crippen LogP contribution in [0.5, 0.6) is 5.75 Å². The van der Waals surface area contributed by atoms with Crippen molar-refractivity contribution in [1.82, 2.24) is 0 Å². The molecule has 0 fully saturated rings. The molecule has 0 radical (unpaired) electrons. The number of ketones is 1. The van der Waals surface area contributed by atoms with Crippen LogP contribution in [0.4, 0.5) is 0 Å². The summed E-state index contributed by atoms with van der Waals surface area (Å²) in [5, 5.41) is 10.3. The number of carbonyl (C=O) groups excluding carboxylic acids is 1. The van der Waals surface area contributed by atoms with E-state index >= 15 is 0 Å². The highest BCUT2D eigenvalue weighted by atomic mass is 32.1. The van der Waals surface area contributed by atoms with E-state index in [4.69, 9.17) is 4.42 Å². The summed E-state index contributed by atoms with van der Waals surface area (Å²) in [5.74, 6) is -0.376. The molecular weight excluding hydrogens is 372 g/mol. The Kier molecular flexibility index (Phi) is 7.81. The van der Waals surface area contributed by atoms with E-state index in [2.05, 4.69) is 13.0 Å². The highest BCUT2D eigenvalue weighted by molar-refractivity contribution is 7.13. The van der Waals surface area contributed by atoms with E-state index in [1.54, 1.807) is 24.3 Å². The van der Waals surface area contributed by atoms with Crippen molar-refractivity contribution in [2.45, 2.75) is 72.6 Å². The normalized spacial score (nSPS) is 13.0. The minimum Gasteiger partial charge on any atom is -0.507 e. The van der Waals surface area contributed by atoms with Gasteiger partial charge in [0.15, 0.2) is 5.78 Å². The summed E-state index contributed by atoms with van der Waals surface area (Å²) in [6, 6.07) is 3.56. The summed E-state index contributed by atoms with van der Waals surface area (Å²) in [7, 11) is 0. The van der Waals surface area contributed by atoms with Gasteiger partial charge in [-0.05, 0) is 56.4 Å². The van der Waals surface area contributed by atoms with Crippen LogP contribution in [-0.2, 0) is 6.42 Å². The first-order valence-electron chi connectivity index (χ1n) is 9.97. The maximum Gasteiger partial charge on any atom is 0.351 e. The molecule has 1 unspecified atom stereocenters. The zero-order valence-electron chi connectivity index (χ0n) is 17.4. The quantitative estimate of drug-likeness (QED) is 0.398. The Hall–Kier alpha value is -2.14. The summed E-state index contributed by atoms with van der Waals surface area (Å²) in [6.07, 6.45) is 6.89. The van der Waals surface area contributed by atoms with Crippen LogP contribution in [0.3, 0.4) is 0 Å². The lowest BCUT2D eigenvalue weighted by Crippen LogP contribution is -2.16. The number of aromatic hydroxyl groups is 1. The number of aryl methyl sites for hydroxylation is 2. The molecule has 2 aromatic heterocycles. The smallest absolute Gasteiger partial charge is 0.351 e. The zero-order chi connectivity index (χ0) is 20.8. The Bertz CT molecular complexity index is 917. The summed E-state index contributed by atoms with van der Waals surface area (Å²) < 4.78 is 5.34. The van der Waals surface area contributed by atoms with Crippen molar-refractivity contribution in [2.75, 3.05) is 0 Å². The zero-order valence-corrected chi connectivity index (χ0v) is 18.2. The lowest BCUT2D eigenvalue weighted by Gasteiger charge is -2.10. The van der Waals surface area contributed by atoms with E-state index in [1.165, 1.54) is 10.9 Å². The number of hydrogen-bond donors (Lipinski definition) is 1. The number of Topliss-reactive ketones (excluding diaryl/α,β-unsaturated/α-hetero) is 1. The lowest BCUT2D eigenvalue weighted by molar-refractivity contribution is 0.102. The predicted octanol–water partition coefficient (Wildman–Crippen LogP) is 6.25. The molecule has 0 aromatic carbocycles. The third-order valence-electron chi connectivity index (χ3n) is 4.87. The van der Waals surface area contributed by atoms with Gasteiger partial charge in [-0.2, -0.15) is 0 Å². The van der Waals surface area contributed by atoms with E-state index < -0.39 is 11.4 Å². The minimum absolute atomic E-state index is 0.0136. The SMILES string of the molecule is CCCCc1cc(C)c(/C=C(\C)C(=O)c2c(O)cc(C(C)CCC)oc2=O)s1. The molecule has 2 heterocycles. The fourth-order valence-corrected chi connectivity index (χ4v) is 4.39. The van der Waals surface area contributed by atoms with Crippen LogP contribution in [0.1, 0.15) is 90.7 Å². The molecular formula is C23H30O4S. The maximum atomic E-state index is 12.8. The van der Waals surface area contributed by atoms with E-state index in [0.29, 0.717) is 11.3 Å². The van der Waals surface area contributed by atoms with Gasteiger partial charge in [0.25, 0.3) is 0 Å². The first kappa shape index (κ1) is 22.2. The van der Waals surface area contributed by atoms with Gasteiger partial charge in [-0.3, -0.25) is 4.79 Å². The standard InChI is InChI=1S/C23H30O4S/c1-6-8-10-17-11-15(4)20(28-17)12-16(5)22(25)21-18(24)13-19(27-23(21)26)14(3)9-7-2/h11-14,24H,6-10H2,1-5H3/b16-12+. The molecule has 1 N–H and O–H groups in total. The molecule has 2 aromatic rings. The van der Waals surface area contributed by atoms with Gasteiger partial charge in [0.1, 0.15) is 17.1 Å². The van der Waals surface area contributed by atoms with Crippen molar-refractivity contribution in [3.05, 3.63) is 54.8 Å². The first-order valence-corrected chi connectivity index (χ1v) is 10.8. The second kappa shape index (κ2) is 9.87. The third-order valence-corrected chi connectivity index (χ3v) is 6.12. The molecule has 1 atom stereocenters. The fraction of sp³-hybridized carbons (Fsp3) is 0.478. The predicted molar refractivity (Wildman–Crippen MR) is 116 cm³/mol. The second-order valence-electron chi connectivity index (χ2n) is 7.41. The van der Waals surface area contributed by atoms with Crippen molar-refractivity contribution in [3.8, 4) is 5.75 Å². The van der Waals surface area contributed by atoms with Gasteiger partial charge in [-0.25, -0.2) is 4.79 Å². The highest BCUT2D eigenvalue weighted by Crippen LogP contribution is 2.28. The molecule has 28 heavy (non-hydrogen) atoms. The van der Waals surface area contributed by atoms with E-state index in [9.17, 15) is 14.7 Å². The van der Waals surface area contributed by atoms with Gasteiger partial charge in [-0.1, -0.05) is 33.6 Å². The van der Waals surface area contributed by atoms with Gasteiger partial charge in [0, 0.05) is 21.7 Å². The molecule has 0 amide bonds. The van der Waals surface area contributed by atoms with E-state index in [0.717, 1.165) is 42.5 Å². The minimum atomic E-state index is -0.776. The Morgan fingerprint density at radius 1 is 1.29 bits per heavy atom. The second-order valence-corrected chi connectivity index (χ2v) is 8.57. The lowest BCUT2D eigenvalue weighted by atomic mass is 10.00. The molecule has 2 rings (SSSR count). The first-order chi connectivity index (χ1) is 13.3. The molecule has 4 nitrogen and oxygen atoms in total. The average molecular weight is 403 g/mol. The Balaban J connectivity index is 2.31. The number of unbranched alkanes of at least 4 members (excludes halogenated alkanes) is 1. The molecule has 0 saturated carbocycles. The summed E-state index contributed by atoms with van der Waals surface area (Å²) >= 11 is 1.67. The van der Waals surface area contributed by atoms with Crippen LogP contribution in [0.2, 0.25) is 0 Å². The van der Waals surface area contributed by atoms with Crippen molar-refractivity contribution in [2.24, 2.45) is 0 Å². The van der Waals surface area contributed by atoms with Crippen LogP contribution in [0.15, 0.2) is 26.9 Å². The molecule has 0 aliphatic rings. The topological polar surface area (TPSA) is 67.5 Å². The summed E-state index contributed by atoms with van der Waals surface area (Å²) in [4.78, 5) is 27.5. The van der Waals surface area contributed by atoms with E-state index in [-0.39, 0.29) is 17.2 Å². The Morgan fingerprint density at radius 3 is 2.61 bits per heavy atom. The average Bonchev–Trinajstić information content (AvgIpc) is 2.98. The van der Waals surface area contributed by atoms with Gasteiger partial charge in [0.2, 0.25) is 0 Å². The number of carbonyl (C=O) groups is 1. The molecule has 5 heteroatoms. The van der Waals surface area contributed by atoms with Crippen molar-refractivity contribution in [1.29, 1.82) is 0 Å². The number of hydrogen-bond acceptors (Lipinski definition) is 5. The van der Waals surface area contributed by atoms with Gasteiger partial charge in [-0.15, -0.1) is 11.3 Å². The number of rotatable bonds is 9. The molecule has 0 aliphatic heterocycles. The number of thiophene rings is 1. The van der Waals surface area contributed by atoms with E-state index in [1.807, 2.05) is 20.8 Å². The number of allylic oxidation sites excluding steroid dienone is 1. The fourth-order valence-electron chi connectivity index (χ4n) is 3.17.